The maximum absolute atomic E-state index is 12.2. The molecule has 1 heterocycles. The molecule has 8 heteroatoms. The van der Waals surface area contributed by atoms with Crippen LogP contribution in [0.1, 0.15) is 10.4 Å². The highest BCUT2D eigenvalue weighted by atomic mass is 35.5. The smallest absolute Gasteiger partial charge is 0.343 e. The number of hydrogen-bond donors (Lipinski definition) is 2. The Morgan fingerprint density at radius 3 is 2.62 bits per heavy atom. The van der Waals surface area contributed by atoms with Crippen LogP contribution in [0.3, 0.4) is 0 Å². The number of carbonyl (C=O) groups excluding carboxylic acids is 1. The van der Waals surface area contributed by atoms with E-state index in [0.717, 1.165) is 0 Å². The van der Waals surface area contributed by atoms with Crippen molar-refractivity contribution in [1.29, 1.82) is 0 Å². The molecular formula is C13H14Cl2O6. The highest BCUT2D eigenvalue weighted by Crippen LogP contribution is 2.34. The van der Waals surface area contributed by atoms with Gasteiger partial charge in [0.25, 0.3) is 0 Å². The Balaban J connectivity index is 2.23. The van der Waals surface area contributed by atoms with Crippen molar-refractivity contribution in [2.45, 2.75) is 18.3 Å². The lowest BCUT2D eigenvalue weighted by Gasteiger charge is -2.31. The summed E-state index contributed by atoms with van der Waals surface area (Å²) in [5.41, 5.74) is -0.0427. The summed E-state index contributed by atoms with van der Waals surface area (Å²) in [7, 11) is 1.34. The molecule has 0 bridgehead atoms. The van der Waals surface area contributed by atoms with E-state index < -0.39 is 24.3 Å². The molecule has 0 aliphatic carbocycles. The SMILES string of the molecule is COc1c(Cl)ccc(Cl)c1C(=O)OC1COC[C@H](O)C1O. The first-order valence-electron chi connectivity index (χ1n) is 6.12. The van der Waals surface area contributed by atoms with Gasteiger partial charge >= 0.3 is 5.97 Å². The van der Waals surface area contributed by atoms with Crippen LogP contribution in [0.4, 0.5) is 0 Å². The first-order valence-corrected chi connectivity index (χ1v) is 6.88. The van der Waals surface area contributed by atoms with Gasteiger partial charge < -0.3 is 24.4 Å². The Kier molecular flexibility index (Phi) is 5.29. The summed E-state index contributed by atoms with van der Waals surface area (Å²) in [4.78, 5) is 12.2. The molecule has 116 valence electrons. The minimum atomic E-state index is -1.23. The minimum Gasteiger partial charge on any atom is -0.494 e. The maximum atomic E-state index is 12.2. The third-order valence-electron chi connectivity index (χ3n) is 3.07. The number of carbonyl (C=O) groups is 1. The van der Waals surface area contributed by atoms with Gasteiger partial charge in [0.15, 0.2) is 11.9 Å². The lowest BCUT2D eigenvalue weighted by Crippen LogP contribution is -2.49. The molecular weight excluding hydrogens is 323 g/mol. The summed E-state index contributed by atoms with van der Waals surface area (Å²) in [6, 6.07) is 2.92. The molecule has 2 unspecified atom stereocenters. The second kappa shape index (κ2) is 6.81. The van der Waals surface area contributed by atoms with Crippen molar-refractivity contribution in [2.24, 2.45) is 0 Å². The number of benzene rings is 1. The van der Waals surface area contributed by atoms with Gasteiger partial charge in [-0.3, -0.25) is 0 Å². The van der Waals surface area contributed by atoms with Crippen molar-refractivity contribution in [1.82, 2.24) is 0 Å². The molecule has 1 fully saturated rings. The van der Waals surface area contributed by atoms with Crippen LogP contribution in [0.5, 0.6) is 5.75 Å². The van der Waals surface area contributed by atoms with Crippen LogP contribution in [-0.2, 0) is 9.47 Å². The van der Waals surface area contributed by atoms with Crippen LogP contribution in [-0.4, -0.2) is 54.8 Å². The molecule has 3 atom stereocenters. The van der Waals surface area contributed by atoms with E-state index in [1.807, 2.05) is 0 Å². The van der Waals surface area contributed by atoms with Crippen LogP contribution in [0.2, 0.25) is 10.0 Å². The van der Waals surface area contributed by atoms with E-state index in [1.165, 1.54) is 19.2 Å². The molecule has 0 aromatic heterocycles. The number of aliphatic hydroxyl groups excluding tert-OH is 2. The predicted molar refractivity (Wildman–Crippen MR) is 75.1 cm³/mol. The standard InChI is InChI=1S/C13H14Cl2O6/c1-19-12-7(15)3-2-6(14)10(12)13(18)21-9-5-20-4-8(16)11(9)17/h2-3,8-9,11,16-17H,4-5H2,1H3/t8-,9?,11?/m0/s1. The first kappa shape index (κ1) is 16.3. The highest BCUT2D eigenvalue weighted by Gasteiger charge is 2.35. The Morgan fingerprint density at radius 2 is 1.95 bits per heavy atom. The monoisotopic (exact) mass is 336 g/mol. The van der Waals surface area contributed by atoms with Crippen LogP contribution in [0.25, 0.3) is 0 Å². The van der Waals surface area contributed by atoms with Gasteiger partial charge in [-0.15, -0.1) is 0 Å². The molecule has 21 heavy (non-hydrogen) atoms. The maximum Gasteiger partial charge on any atom is 0.343 e. The summed E-state index contributed by atoms with van der Waals surface area (Å²) in [6.07, 6.45) is -3.35. The highest BCUT2D eigenvalue weighted by molar-refractivity contribution is 6.37. The van der Waals surface area contributed by atoms with Gasteiger partial charge in [-0.25, -0.2) is 4.79 Å². The fourth-order valence-corrected chi connectivity index (χ4v) is 2.43. The zero-order valence-corrected chi connectivity index (χ0v) is 12.6. The Hall–Kier alpha value is -1.05. The molecule has 2 rings (SSSR count). The van der Waals surface area contributed by atoms with E-state index in [0.29, 0.717) is 0 Å². The molecule has 6 nitrogen and oxygen atoms in total. The van der Waals surface area contributed by atoms with Crippen molar-refractivity contribution in [3.63, 3.8) is 0 Å². The zero-order chi connectivity index (χ0) is 15.6. The van der Waals surface area contributed by atoms with E-state index in [-0.39, 0.29) is 34.6 Å². The molecule has 1 aromatic rings. The molecule has 0 amide bonds. The third kappa shape index (κ3) is 3.41. The molecule has 1 saturated heterocycles. The van der Waals surface area contributed by atoms with E-state index in [4.69, 9.17) is 37.4 Å². The number of rotatable bonds is 3. The number of aliphatic hydroxyl groups is 2. The zero-order valence-electron chi connectivity index (χ0n) is 11.1. The largest absolute Gasteiger partial charge is 0.494 e. The van der Waals surface area contributed by atoms with Crippen LogP contribution < -0.4 is 4.74 Å². The molecule has 0 spiro atoms. The number of esters is 1. The summed E-state index contributed by atoms with van der Waals surface area (Å²) in [5.74, 6) is -0.734. The molecule has 1 aliphatic rings. The quantitative estimate of drug-likeness (QED) is 0.809. The fraction of sp³-hybridized carbons (Fsp3) is 0.462. The van der Waals surface area contributed by atoms with E-state index in [2.05, 4.69) is 0 Å². The molecule has 1 aliphatic heterocycles. The van der Waals surface area contributed by atoms with E-state index >= 15 is 0 Å². The Bertz CT molecular complexity index is 536. The minimum absolute atomic E-state index is 0.0174. The van der Waals surface area contributed by atoms with Gasteiger partial charge in [0.2, 0.25) is 0 Å². The first-order chi connectivity index (χ1) is 9.95. The molecule has 0 saturated carbocycles. The van der Waals surface area contributed by atoms with E-state index in [9.17, 15) is 15.0 Å². The van der Waals surface area contributed by atoms with Crippen LogP contribution >= 0.6 is 23.2 Å². The lowest BCUT2D eigenvalue weighted by atomic mass is 10.1. The van der Waals surface area contributed by atoms with Crippen LogP contribution in [0, 0.1) is 0 Å². The van der Waals surface area contributed by atoms with Crippen LogP contribution in [0.15, 0.2) is 12.1 Å². The Morgan fingerprint density at radius 1 is 1.29 bits per heavy atom. The van der Waals surface area contributed by atoms with Crippen molar-refractivity contribution in [2.75, 3.05) is 20.3 Å². The van der Waals surface area contributed by atoms with Crippen molar-refractivity contribution < 1.29 is 29.2 Å². The summed E-state index contributed by atoms with van der Waals surface area (Å²) in [6.45, 7) is -0.0407. The average Bonchev–Trinajstić information content (AvgIpc) is 2.45. The number of halogens is 2. The Labute approximate surface area is 131 Å². The molecule has 2 N–H and O–H groups in total. The van der Waals surface area contributed by atoms with Gasteiger partial charge in [0.05, 0.1) is 30.4 Å². The van der Waals surface area contributed by atoms with Gasteiger partial charge in [0.1, 0.15) is 17.8 Å². The van der Waals surface area contributed by atoms with Crippen molar-refractivity contribution in [3.05, 3.63) is 27.7 Å². The van der Waals surface area contributed by atoms with Gasteiger partial charge in [-0.05, 0) is 12.1 Å². The summed E-state index contributed by atoms with van der Waals surface area (Å²) in [5, 5.41) is 19.6. The average molecular weight is 337 g/mol. The van der Waals surface area contributed by atoms with Crippen molar-refractivity contribution in [3.8, 4) is 5.75 Å². The molecule has 0 radical (unpaired) electrons. The topological polar surface area (TPSA) is 85.2 Å². The van der Waals surface area contributed by atoms with Crippen molar-refractivity contribution >= 4 is 29.2 Å². The second-order valence-corrected chi connectivity index (χ2v) is 5.29. The van der Waals surface area contributed by atoms with E-state index in [1.54, 1.807) is 0 Å². The second-order valence-electron chi connectivity index (χ2n) is 4.48. The predicted octanol–water partition coefficient (Wildman–Crippen LogP) is 1.28. The summed E-state index contributed by atoms with van der Waals surface area (Å²) < 4.78 is 15.2. The number of hydrogen-bond acceptors (Lipinski definition) is 6. The van der Waals surface area contributed by atoms with Gasteiger partial charge in [-0.2, -0.15) is 0 Å². The summed E-state index contributed by atoms with van der Waals surface area (Å²) >= 11 is 11.9. The lowest BCUT2D eigenvalue weighted by molar-refractivity contribution is -0.153. The normalized spacial score (nSPS) is 25.5. The number of methoxy groups -OCH3 is 1. The fourth-order valence-electron chi connectivity index (χ4n) is 1.97. The third-order valence-corrected chi connectivity index (χ3v) is 3.68. The van der Waals surface area contributed by atoms with Gasteiger partial charge in [-0.1, -0.05) is 23.2 Å². The molecule has 1 aromatic carbocycles. The number of ether oxygens (including phenoxy) is 3. The van der Waals surface area contributed by atoms with Gasteiger partial charge in [0, 0.05) is 0 Å².